The van der Waals surface area contributed by atoms with Gasteiger partial charge in [0.05, 0.1) is 11.1 Å². The van der Waals surface area contributed by atoms with Crippen molar-refractivity contribution < 1.29 is 0 Å². The van der Waals surface area contributed by atoms with Crippen LogP contribution in [0.1, 0.15) is 5.56 Å². The molecule has 1 aromatic heterocycles. The topological polar surface area (TPSA) is 43.8 Å². The average molecular weight is 219 g/mol. The molecule has 1 heterocycles. The molecule has 2 N–H and O–H groups in total. The zero-order chi connectivity index (χ0) is 10.8. The molecule has 0 fully saturated rings. The van der Waals surface area contributed by atoms with E-state index in [2.05, 4.69) is 5.10 Å². The zero-order valence-electron chi connectivity index (χ0n) is 8.77. The number of para-hydroxylation sites is 1. The summed E-state index contributed by atoms with van der Waals surface area (Å²) in [5.74, 6) is 0. The predicted octanol–water partition coefficient (Wildman–Crippen LogP) is 2.46. The van der Waals surface area contributed by atoms with Gasteiger partial charge in [-0.2, -0.15) is 5.10 Å². The highest BCUT2D eigenvalue weighted by Gasteiger charge is 2.04. The van der Waals surface area contributed by atoms with Gasteiger partial charge in [-0.05, 0) is 18.6 Å². The highest BCUT2D eigenvalue weighted by molar-refractivity contribution is 7.99. The molecule has 0 spiro atoms. The maximum Gasteiger partial charge on any atom is 0.0629 e. The van der Waals surface area contributed by atoms with Gasteiger partial charge in [0.1, 0.15) is 0 Å². The first-order valence-corrected chi connectivity index (χ1v) is 5.50. The van der Waals surface area contributed by atoms with Gasteiger partial charge >= 0.3 is 0 Å². The van der Waals surface area contributed by atoms with E-state index in [9.17, 15) is 0 Å². The third-order valence-electron chi connectivity index (χ3n) is 2.19. The van der Waals surface area contributed by atoms with E-state index in [0.717, 1.165) is 21.0 Å². The Kier molecular flexibility index (Phi) is 2.68. The number of aromatic nitrogens is 2. The molecule has 3 nitrogen and oxygen atoms in total. The van der Waals surface area contributed by atoms with Crippen molar-refractivity contribution in [1.82, 2.24) is 9.78 Å². The maximum atomic E-state index is 5.99. The summed E-state index contributed by atoms with van der Waals surface area (Å²) in [7, 11) is 1.91. The van der Waals surface area contributed by atoms with Crippen molar-refractivity contribution in [1.29, 1.82) is 0 Å². The maximum absolute atomic E-state index is 5.99. The van der Waals surface area contributed by atoms with E-state index in [1.165, 1.54) is 0 Å². The van der Waals surface area contributed by atoms with Crippen LogP contribution in [0.4, 0.5) is 5.69 Å². The third kappa shape index (κ3) is 2.15. The summed E-state index contributed by atoms with van der Waals surface area (Å²) in [6.45, 7) is 2.02. The van der Waals surface area contributed by atoms with Crippen LogP contribution in [-0.2, 0) is 7.05 Å². The number of nitrogens with zero attached hydrogens (tertiary/aromatic N) is 2. The fraction of sp³-hybridized carbons (Fsp3) is 0.182. The van der Waals surface area contributed by atoms with E-state index in [4.69, 9.17) is 5.73 Å². The van der Waals surface area contributed by atoms with Gasteiger partial charge < -0.3 is 5.73 Å². The molecule has 2 aromatic rings. The van der Waals surface area contributed by atoms with Gasteiger partial charge in [0.15, 0.2) is 0 Å². The number of rotatable bonds is 2. The third-order valence-corrected chi connectivity index (χ3v) is 3.22. The zero-order valence-corrected chi connectivity index (χ0v) is 9.58. The van der Waals surface area contributed by atoms with E-state index in [1.54, 1.807) is 16.4 Å². The van der Waals surface area contributed by atoms with Crippen LogP contribution >= 0.6 is 11.8 Å². The smallest absolute Gasteiger partial charge is 0.0629 e. The van der Waals surface area contributed by atoms with E-state index < -0.39 is 0 Å². The largest absolute Gasteiger partial charge is 0.398 e. The van der Waals surface area contributed by atoms with E-state index >= 15 is 0 Å². The lowest BCUT2D eigenvalue weighted by molar-refractivity contribution is 0.766. The molecule has 0 radical (unpaired) electrons. The van der Waals surface area contributed by atoms with Crippen LogP contribution in [-0.4, -0.2) is 9.78 Å². The van der Waals surface area contributed by atoms with Crippen LogP contribution < -0.4 is 5.73 Å². The normalized spacial score (nSPS) is 10.5. The van der Waals surface area contributed by atoms with Crippen molar-refractivity contribution in [3.05, 3.63) is 36.2 Å². The number of hydrogen-bond donors (Lipinski definition) is 1. The van der Waals surface area contributed by atoms with Crippen LogP contribution in [0.15, 0.2) is 40.4 Å². The molecule has 0 unspecified atom stereocenters. The molecule has 0 amide bonds. The molecule has 0 saturated heterocycles. The summed E-state index contributed by atoms with van der Waals surface area (Å²) in [6, 6.07) is 6.06. The van der Waals surface area contributed by atoms with Crippen molar-refractivity contribution in [2.24, 2.45) is 7.05 Å². The second kappa shape index (κ2) is 3.98. The molecule has 78 valence electrons. The first-order chi connectivity index (χ1) is 7.16. The number of nitrogens with two attached hydrogens (primary N) is 1. The van der Waals surface area contributed by atoms with Crippen molar-refractivity contribution in [2.75, 3.05) is 5.73 Å². The second-order valence-electron chi connectivity index (χ2n) is 3.44. The molecular weight excluding hydrogens is 206 g/mol. The molecule has 0 aliphatic carbocycles. The van der Waals surface area contributed by atoms with Crippen molar-refractivity contribution in [3.8, 4) is 0 Å². The minimum absolute atomic E-state index is 0.853. The molecule has 2 rings (SSSR count). The highest BCUT2D eigenvalue weighted by Crippen LogP contribution is 2.32. The Morgan fingerprint density at radius 1 is 1.40 bits per heavy atom. The van der Waals surface area contributed by atoms with E-state index in [-0.39, 0.29) is 0 Å². The van der Waals surface area contributed by atoms with Crippen molar-refractivity contribution >= 4 is 17.4 Å². The van der Waals surface area contributed by atoms with Crippen LogP contribution in [0.25, 0.3) is 0 Å². The molecular formula is C11H13N3S. The average Bonchev–Trinajstić information content (AvgIpc) is 2.59. The summed E-state index contributed by atoms with van der Waals surface area (Å²) in [4.78, 5) is 2.19. The molecule has 0 bridgehead atoms. The molecule has 0 aliphatic rings. The van der Waals surface area contributed by atoms with Crippen molar-refractivity contribution in [3.63, 3.8) is 0 Å². The summed E-state index contributed by atoms with van der Waals surface area (Å²) < 4.78 is 1.79. The highest BCUT2D eigenvalue weighted by atomic mass is 32.2. The lowest BCUT2D eigenvalue weighted by atomic mass is 10.2. The van der Waals surface area contributed by atoms with Crippen LogP contribution in [0.3, 0.4) is 0 Å². The summed E-state index contributed by atoms with van der Waals surface area (Å²) in [5.41, 5.74) is 7.96. The minimum Gasteiger partial charge on any atom is -0.398 e. The lowest BCUT2D eigenvalue weighted by Crippen LogP contribution is -1.91. The van der Waals surface area contributed by atoms with Gasteiger partial charge in [0, 0.05) is 23.8 Å². The Labute approximate surface area is 93.3 Å². The Bertz CT molecular complexity index is 476. The van der Waals surface area contributed by atoms with Gasteiger partial charge in [-0.3, -0.25) is 4.68 Å². The minimum atomic E-state index is 0.853. The number of benzene rings is 1. The predicted molar refractivity (Wildman–Crippen MR) is 62.9 cm³/mol. The molecule has 0 saturated carbocycles. The summed E-state index contributed by atoms with van der Waals surface area (Å²) >= 11 is 1.64. The van der Waals surface area contributed by atoms with Crippen LogP contribution in [0, 0.1) is 6.92 Å². The van der Waals surface area contributed by atoms with Gasteiger partial charge in [-0.1, -0.05) is 23.9 Å². The fourth-order valence-electron chi connectivity index (χ4n) is 1.32. The molecule has 0 aliphatic heterocycles. The van der Waals surface area contributed by atoms with E-state index in [1.807, 2.05) is 44.6 Å². The monoisotopic (exact) mass is 219 g/mol. The molecule has 15 heavy (non-hydrogen) atoms. The lowest BCUT2D eigenvalue weighted by Gasteiger charge is -2.05. The number of nitrogen functional groups attached to an aromatic ring is 1. The van der Waals surface area contributed by atoms with Gasteiger partial charge in [-0.15, -0.1) is 0 Å². The van der Waals surface area contributed by atoms with Crippen molar-refractivity contribution in [2.45, 2.75) is 16.7 Å². The molecule has 4 heteroatoms. The standard InChI is InChI=1S/C11H13N3S/c1-8-4-3-5-10(11(8)12)15-9-6-13-14(2)7-9/h3-7H,12H2,1-2H3. The quantitative estimate of drug-likeness (QED) is 0.789. The molecule has 1 aromatic carbocycles. The van der Waals surface area contributed by atoms with Gasteiger partial charge in [-0.25, -0.2) is 0 Å². The van der Waals surface area contributed by atoms with Crippen LogP contribution in [0.5, 0.6) is 0 Å². The first kappa shape index (κ1) is 10.1. The number of aryl methyl sites for hydroxylation is 2. The van der Waals surface area contributed by atoms with E-state index in [0.29, 0.717) is 0 Å². The first-order valence-electron chi connectivity index (χ1n) is 4.68. The van der Waals surface area contributed by atoms with Crippen LogP contribution in [0.2, 0.25) is 0 Å². The summed E-state index contributed by atoms with van der Waals surface area (Å²) in [5, 5.41) is 4.12. The van der Waals surface area contributed by atoms with Gasteiger partial charge in [0.25, 0.3) is 0 Å². The molecule has 0 atom stereocenters. The number of hydrogen-bond acceptors (Lipinski definition) is 3. The summed E-state index contributed by atoms with van der Waals surface area (Å²) in [6.07, 6.45) is 3.82. The SMILES string of the molecule is Cc1cccc(Sc2cnn(C)c2)c1N. The Morgan fingerprint density at radius 3 is 2.87 bits per heavy atom. The Morgan fingerprint density at radius 2 is 2.20 bits per heavy atom. The second-order valence-corrected chi connectivity index (χ2v) is 4.55. The number of anilines is 1. The Balaban J connectivity index is 2.28. The fourth-order valence-corrected chi connectivity index (χ4v) is 2.30. The Hall–Kier alpha value is -1.42. The van der Waals surface area contributed by atoms with Gasteiger partial charge in [0.2, 0.25) is 0 Å².